The van der Waals surface area contributed by atoms with Crippen LogP contribution in [0.2, 0.25) is 0 Å². The number of rotatable bonds is 4. The van der Waals surface area contributed by atoms with Crippen LogP contribution in [0.5, 0.6) is 0 Å². The monoisotopic (exact) mass is 256 g/mol. The van der Waals surface area contributed by atoms with Gasteiger partial charge in [0.1, 0.15) is 0 Å². The standard InChI is InChI=1S/C17H24N2/c1-2-3-4-8-11-17(16-9-6-5-7-10-16)19-14-12-18-13-15-19/h5-7,9-10,17-18H,2-4,12-15H2,1H3. The van der Waals surface area contributed by atoms with E-state index in [0.717, 1.165) is 32.6 Å². The van der Waals surface area contributed by atoms with Crippen LogP contribution in [0.15, 0.2) is 30.3 Å². The molecule has 1 aromatic carbocycles. The highest BCUT2D eigenvalue weighted by Crippen LogP contribution is 2.20. The lowest BCUT2D eigenvalue weighted by Gasteiger charge is -2.32. The van der Waals surface area contributed by atoms with E-state index >= 15 is 0 Å². The van der Waals surface area contributed by atoms with E-state index in [0.29, 0.717) is 0 Å². The van der Waals surface area contributed by atoms with Crippen molar-refractivity contribution in [1.82, 2.24) is 10.2 Å². The summed E-state index contributed by atoms with van der Waals surface area (Å²) in [5, 5.41) is 3.41. The average molecular weight is 256 g/mol. The Kier molecular flexibility index (Phi) is 5.94. The first-order chi connectivity index (χ1) is 9.42. The van der Waals surface area contributed by atoms with Crippen LogP contribution in [-0.4, -0.2) is 31.1 Å². The van der Waals surface area contributed by atoms with E-state index in [1.807, 2.05) is 0 Å². The summed E-state index contributed by atoms with van der Waals surface area (Å²) in [6, 6.07) is 10.9. The fourth-order valence-corrected chi connectivity index (χ4v) is 2.40. The molecule has 0 spiro atoms. The molecule has 0 amide bonds. The van der Waals surface area contributed by atoms with Gasteiger partial charge in [0.25, 0.3) is 0 Å². The fourth-order valence-electron chi connectivity index (χ4n) is 2.40. The van der Waals surface area contributed by atoms with Crippen molar-refractivity contribution in [3.8, 4) is 11.8 Å². The van der Waals surface area contributed by atoms with Gasteiger partial charge >= 0.3 is 0 Å². The van der Waals surface area contributed by atoms with Crippen LogP contribution in [0.25, 0.3) is 0 Å². The maximum atomic E-state index is 3.49. The number of benzene rings is 1. The maximum Gasteiger partial charge on any atom is 0.0971 e. The molecule has 2 nitrogen and oxygen atoms in total. The maximum absolute atomic E-state index is 3.49. The molecule has 19 heavy (non-hydrogen) atoms. The van der Waals surface area contributed by atoms with Gasteiger partial charge in [-0.15, -0.1) is 5.92 Å². The van der Waals surface area contributed by atoms with E-state index in [-0.39, 0.29) is 6.04 Å². The second-order valence-corrected chi connectivity index (χ2v) is 5.02. The lowest BCUT2D eigenvalue weighted by Crippen LogP contribution is -2.44. The van der Waals surface area contributed by atoms with Gasteiger partial charge in [-0.05, 0) is 12.0 Å². The molecular formula is C17H24N2. The minimum atomic E-state index is 0.264. The fraction of sp³-hybridized carbons (Fsp3) is 0.529. The Bertz CT molecular complexity index is 410. The normalized spacial score (nSPS) is 17.5. The Morgan fingerprint density at radius 1 is 1.21 bits per heavy atom. The molecule has 1 heterocycles. The number of hydrogen-bond acceptors (Lipinski definition) is 2. The Labute approximate surface area is 117 Å². The second kappa shape index (κ2) is 7.99. The van der Waals surface area contributed by atoms with E-state index in [9.17, 15) is 0 Å². The van der Waals surface area contributed by atoms with E-state index in [2.05, 4.69) is 59.3 Å². The van der Waals surface area contributed by atoms with E-state index in [1.54, 1.807) is 0 Å². The zero-order valence-electron chi connectivity index (χ0n) is 11.9. The summed E-state index contributed by atoms with van der Waals surface area (Å²) >= 11 is 0. The number of nitrogens with one attached hydrogen (secondary N) is 1. The van der Waals surface area contributed by atoms with Crippen molar-refractivity contribution < 1.29 is 0 Å². The highest BCUT2D eigenvalue weighted by Gasteiger charge is 2.19. The van der Waals surface area contributed by atoms with Gasteiger partial charge in [-0.25, -0.2) is 0 Å². The van der Waals surface area contributed by atoms with Crippen molar-refractivity contribution >= 4 is 0 Å². The summed E-state index contributed by atoms with van der Waals surface area (Å²) in [5.74, 6) is 6.86. The highest BCUT2D eigenvalue weighted by molar-refractivity contribution is 5.27. The zero-order valence-corrected chi connectivity index (χ0v) is 11.9. The number of nitrogens with zero attached hydrogens (tertiary/aromatic N) is 1. The van der Waals surface area contributed by atoms with Gasteiger partial charge in [-0.3, -0.25) is 4.90 Å². The van der Waals surface area contributed by atoms with Crippen molar-refractivity contribution in [2.75, 3.05) is 26.2 Å². The van der Waals surface area contributed by atoms with Crippen molar-refractivity contribution in [2.24, 2.45) is 0 Å². The predicted octanol–water partition coefficient (Wildman–Crippen LogP) is 2.83. The first-order valence-corrected chi connectivity index (χ1v) is 7.40. The largest absolute Gasteiger partial charge is 0.314 e. The van der Waals surface area contributed by atoms with Crippen LogP contribution < -0.4 is 5.32 Å². The van der Waals surface area contributed by atoms with Crippen molar-refractivity contribution in [3.05, 3.63) is 35.9 Å². The summed E-state index contributed by atoms with van der Waals surface area (Å²) in [6.07, 6.45) is 3.44. The van der Waals surface area contributed by atoms with Crippen LogP contribution >= 0.6 is 0 Å². The first kappa shape index (κ1) is 14.1. The summed E-state index contributed by atoms with van der Waals surface area (Å²) in [6.45, 7) is 6.52. The molecule has 0 aromatic heterocycles. The Morgan fingerprint density at radius 2 is 1.95 bits per heavy atom. The van der Waals surface area contributed by atoms with Gasteiger partial charge in [-0.2, -0.15) is 0 Å². The SMILES string of the molecule is CCCCC#CC(c1ccccc1)N1CCNCC1. The summed E-state index contributed by atoms with van der Waals surface area (Å²) in [7, 11) is 0. The Balaban J connectivity index is 2.09. The topological polar surface area (TPSA) is 15.3 Å². The third kappa shape index (κ3) is 4.38. The van der Waals surface area contributed by atoms with Crippen molar-refractivity contribution in [3.63, 3.8) is 0 Å². The third-order valence-corrected chi connectivity index (χ3v) is 3.53. The molecule has 1 aliphatic rings. The van der Waals surface area contributed by atoms with Gasteiger partial charge in [0.15, 0.2) is 0 Å². The van der Waals surface area contributed by atoms with Gasteiger partial charge in [-0.1, -0.05) is 49.6 Å². The van der Waals surface area contributed by atoms with Gasteiger partial charge in [0.2, 0.25) is 0 Å². The molecule has 1 unspecified atom stereocenters. The highest BCUT2D eigenvalue weighted by atomic mass is 15.2. The Morgan fingerprint density at radius 3 is 2.63 bits per heavy atom. The molecule has 0 radical (unpaired) electrons. The van der Waals surface area contributed by atoms with Gasteiger partial charge < -0.3 is 5.32 Å². The summed E-state index contributed by atoms with van der Waals surface area (Å²) in [5.41, 5.74) is 1.33. The molecule has 0 aliphatic carbocycles. The van der Waals surface area contributed by atoms with Crippen LogP contribution in [0, 0.1) is 11.8 Å². The summed E-state index contributed by atoms with van der Waals surface area (Å²) in [4.78, 5) is 2.49. The lowest BCUT2D eigenvalue weighted by atomic mass is 10.0. The molecule has 2 heteroatoms. The predicted molar refractivity (Wildman–Crippen MR) is 80.9 cm³/mol. The number of piperazine rings is 1. The molecule has 1 aliphatic heterocycles. The van der Waals surface area contributed by atoms with Crippen molar-refractivity contribution in [2.45, 2.75) is 32.2 Å². The van der Waals surface area contributed by atoms with Crippen LogP contribution in [0.4, 0.5) is 0 Å². The molecule has 2 rings (SSSR count). The van der Waals surface area contributed by atoms with Gasteiger partial charge in [0.05, 0.1) is 6.04 Å². The molecule has 102 valence electrons. The number of hydrogen-bond donors (Lipinski definition) is 1. The molecule has 0 saturated carbocycles. The molecule has 1 saturated heterocycles. The molecule has 0 bridgehead atoms. The Hall–Kier alpha value is -1.30. The van der Waals surface area contributed by atoms with Crippen LogP contribution in [0.1, 0.15) is 37.8 Å². The molecule has 1 aromatic rings. The van der Waals surface area contributed by atoms with Crippen LogP contribution in [0.3, 0.4) is 0 Å². The molecule has 1 atom stereocenters. The van der Waals surface area contributed by atoms with Gasteiger partial charge in [0, 0.05) is 32.6 Å². The second-order valence-electron chi connectivity index (χ2n) is 5.02. The third-order valence-electron chi connectivity index (χ3n) is 3.53. The quantitative estimate of drug-likeness (QED) is 0.658. The first-order valence-electron chi connectivity index (χ1n) is 7.40. The smallest absolute Gasteiger partial charge is 0.0971 e. The van der Waals surface area contributed by atoms with E-state index in [4.69, 9.17) is 0 Å². The van der Waals surface area contributed by atoms with E-state index in [1.165, 1.54) is 18.4 Å². The minimum absolute atomic E-state index is 0.264. The molecular weight excluding hydrogens is 232 g/mol. The average Bonchev–Trinajstić information content (AvgIpc) is 2.49. The summed E-state index contributed by atoms with van der Waals surface area (Å²) < 4.78 is 0. The zero-order chi connectivity index (χ0) is 13.3. The van der Waals surface area contributed by atoms with Crippen LogP contribution in [-0.2, 0) is 0 Å². The lowest BCUT2D eigenvalue weighted by molar-refractivity contribution is 0.209. The minimum Gasteiger partial charge on any atom is -0.314 e. The van der Waals surface area contributed by atoms with Crippen molar-refractivity contribution in [1.29, 1.82) is 0 Å². The van der Waals surface area contributed by atoms with E-state index < -0.39 is 0 Å². The molecule has 1 fully saturated rings. The molecule has 1 N–H and O–H groups in total. The number of unbranched alkanes of at least 4 members (excludes halogenated alkanes) is 2.